The third kappa shape index (κ3) is 3.06. The lowest BCUT2D eigenvalue weighted by atomic mass is 10.0. The molecule has 3 nitrogen and oxygen atoms in total. The minimum atomic E-state index is -0.524. The third-order valence-corrected chi connectivity index (χ3v) is 1.93. The molecule has 0 aromatic heterocycles. The highest BCUT2D eigenvalue weighted by Gasteiger charge is 2.08. The van der Waals surface area contributed by atoms with Gasteiger partial charge in [-0.05, 0) is 12.5 Å². The van der Waals surface area contributed by atoms with Gasteiger partial charge in [-0.3, -0.25) is 4.79 Å². The SMILES string of the molecule is COC(=O)C=C(C(C)=O)c1ccccc1. The van der Waals surface area contributed by atoms with Gasteiger partial charge in [-0.1, -0.05) is 30.3 Å². The summed E-state index contributed by atoms with van der Waals surface area (Å²) in [5.41, 5.74) is 1.08. The van der Waals surface area contributed by atoms with E-state index in [0.29, 0.717) is 5.57 Å². The molecule has 1 aromatic rings. The molecule has 0 heterocycles. The first-order valence-corrected chi connectivity index (χ1v) is 4.51. The first-order chi connectivity index (χ1) is 7.15. The molecule has 0 unspecified atom stereocenters. The molecule has 1 aromatic carbocycles. The Morgan fingerprint density at radius 1 is 1.20 bits per heavy atom. The number of carbonyl (C=O) groups is 2. The smallest absolute Gasteiger partial charge is 0.331 e. The van der Waals surface area contributed by atoms with E-state index in [-0.39, 0.29) is 5.78 Å². The molecule has 0 bridgehead atoms. The van der Waals surface area contributed by atoms with Crippen LogP contribution >= 0.6 is 0 Å². The van der Waals surface area contributed by atoms with Crippen molar-refractivity contribution in [2.24, 2.45) is 0 Å². The summed E-state index contributed by atoms with van der Waals surface area (Å²) in [7, 11) is 1.28. The molecule has 0 aliphatic heterocycles. The van der Waals surface area contributed by atoms with E-state index in [1.807, 2.05) is 18.2 Å². The molecule has 0 saturated heterocycles. The fraction of sp³-hybridized carbons (Fsp3) is 0.167. The fourth-order valence-electron chi connectivity index (χ4n) is 1.18. The number of ether oxygens (including phenoxy) is 1. The third-order valence-electron chi connectivity index (χ3n) is 1.93. The van der Waals surface area contributed by atoms with Crippen molar-refractivity contribution < 1.29 is 14.3 Å². The maximum atomic E-state index is 11.3. The molecular weight excluding hydrogens is 192 g/mol. The molecule has 0 aliphatic rings. The van der Waals surface area contributed by atoms with Gasteiger partial charge in [0.05, 0.1) is 7.11 Å². The van der Waals surface area contributed by atoms with Gasteiger partial charge in [0, 0.05) is 11.6 Å². The van der Waals surface area contributed by atoms with Gasteiger partial charge in [0.15, 0.2) is 5.78 Å². The number of carbonyl (C=O) groups excluding carboxylic acids is 2. The highest BCUT2D eigenvalue weighted by molar-refractivity contribution is 6.23. The van der Waals surface area contributed by atoms with Crippen molar-refractivity contribution in [1.29, 1.82) is 0 Å². The predicted octanol–water partition coefficient (Wildman–Crippen LogP) is 1.83. The Labute approximate surface area is 88.4 Å². The minimum absolute atomic E-state index is 0.161. The van der Waals surface area contributed by atoms with Crippen LogP contribution in [0.1, 0.15) is 12.5 Å². The minimum Gasteiger partial charge on any atom is -0.466 e. The lowest BCUT2D eigenvalue weighted by Gasteiger charge is -2.02. The van der Waals surface area contributed by atoms with Crippen LogP contribution in [-0.4, -0.2) is 18.9 Å². The van der Waals surface area contributed by atoms with Crippen LogP contribution in [0.5, 0.6) is 0 Å². The molecule has 1 rings (SSSR count). The second-order valence-corrected chi connectivity index (χ2v) is 3.00. The summed E-state index contributed by atoms with van der Waals surface area (Å²) in [6.07, 6.45) is 1.21. The average Bonchev–Trinajstić information content (AvgIpc) is 2.26. The average molecular weight is 204 g/mol. The number of esters is 1. The van der Waals surface area contributed by atoms with Crippen LogP contribution in [0.3, 0.4) is 0 Å². The van der Waals surface area contributed by atoms with E-state index in [1.54, 1.807) is 12.1 Å². The molecule has 0 radical (unpaired) electrons. The van der Waals surface area contributed by atoms with Crippen LogP contribution in [0.4, 0.5) is 0 Å². The normalized spacial score (nSPS) is 10.9. The van der Waals surface area contributed by atoms with Crippen LogP contribution in [0.2, 0.25) is 0 Å². The van der Waals surface area contributed by atoms with Crippen LogP contribution in [0.15, 0.2) is 36.4 Å². The first kappa shape index (κ1) is 11.2. The summed E-state index contributed by atoms with van der Waals surface area (Å²) in [5.74, 6) is -0.685. The molecular formula is C12H12O3. The topological polar surface area (TPSA) is 43.4 Å². The number of benzene rings is 1. The molecule has 3 heteroatoms. The standard InChI is InChI=1S/C12H12O3/c1-9(13)11(8-12(14)15-2)10-6-4-3-5-7-10/h3-8H,1-2H3. The van der Waals surface area contributed by atoms with E-state index in [9.17, 15) is 9.59 Å². The quantitative estimate of drug-likeness (QED) is 0.557. The van der Waals surface area contributed by atoms with Gasteiger partial charge < -0.3 is 4.74 Å². The monoisotopic (exact) mass is 204 g/mol. The van der Waals surface area contributed by atoms with Gasteiger partial charge in [0.25, 0.3) is 0 Å². The van der Waals surface area contributed by atoms with Crippen molar-refractivity contribution in [2.75, 3.05) is 7.11 Å². The number of methoxy groups -OCH3 is 1. The Morgan fingerprint density at radius 3 is 2.27 bits per heavy atom. The zero-order chi connectivity index (χ0) is 11.3. The molecule has 0 fully saturated rings. The molecule has 0 amide bonds. The number of allylic oxidation sites excluding steroid dienone is 1. The van der Waals surface area contributed by atoms with Gasteiger partial charge in [-0.15, -0.1) is 0 Å². The van der Waals surface area contributed by atoms with E-state index < -0.39 is 5.97 Å². The second-order valence-electron chi connectivity index (χ2n) is 3.00. The van der Waals surface area contributed by atoms with E-state index in [4.69, 9.17) is 0 Å². The molecule has 0 saturated carbocycles. The Bertz CT molecular complexity index is 391. The van der Waals surface area contributed by atoms with Crippen molar-refractivity contribution in [3.8, 4) is 0 Å². The van der Waals surface area contributed by atoms with E-state index in [0.717, 1.165) is 5.56 Å². The molecule has 15 heavy (non-hydrogen) atoms. The number of Topliss-reactive ketones (excluding diaryl/α,β-unsaturated/α-hetero) is 1. The maximum absolute atomic E-state index is 11.3. The van der Waals surface area contributed by atoms with Gasteiger partial charge in [0.2, 0.25) is 0 Å². The van der Waals surface area contributed by atoms with Crippen LogP contribution in [0.25, 0.3) is 5.57 Å². The summed E-state index contributed by atoms with van der Waals surface area (Å²) >= 11 is 0. The van der Waals surface area contributed by atoms with Crippen molar-refractivity contribution in [2.45, 2.75) is 6.92 Å². The van der Waals surface area contributed by atoms with Gasteiger partial charge in [-0.25, -0.2) is 4.79 Å². The van der Waals surface area contributed by atoms with Gasteiger partial charge in [0.1, 0.15) is 0 Å². The van der Waals surface area contributed by atoms with E-state index >= 15 is 0 Å². The van der Waals surface area contributed by atoms with E-state index in [1.165, 1.54) is 20.1 Å². The summed E-state index contributed by atoms with van der Waals surface area (Å²) in [5, 5.41) is 0. The molecule has 0 spiro atoms. The molecule has 0 N–H and O–H groups in total. The van der Waals surface area contributed by atoms with Crippen molar-refractivity contribution in [3.05, 3.63) is 42.0 Å². The Morgan fingerprint density at radius 2 is 1.80 bits per heavy atom. The number of ketones is 1. The number of hydrogen-bond donors (Lipinski definition) is 0. The highest BCUT2D eigenvalue weighted by atomic mass is 16.5. The predicted molar refractivity (Wildman–Crippen MR) is 57.1 cm³/mol. The van der Waals surface area contributed by atoms with Crippen molar-refractivity contribution in [3.63, 3.8) is 0 Å². The van der Waals surface area contributed by atoms with Crippen molar-refractivity contribution >= 4 is 17.3 Å². The summed E-state index contributed by atoms with van der Waals surface area (Å²) in [4.78, 5) is 22.4. The maximum Gasteiger partial charge on any atom is 0.331 e. The highest BCUT2D eigenvalue weighted by Crippen LogP contribution is 2.14. The summed E-state index contributed by atoms with van der Waals surface area (Å²) < 4.78 is 4.48. The summed E-state index contributed by atoms with van der Waals surface area (Å²) in [6.45, 7) is 1.42. The lowest BCUT2D eigenvalue weighted by Crippen LogP contribution is -2.02. The Balaban J connectivity index is 3.10. The van der Waals surface area contributed by atoms with Crippen molar-refractivity contribution in [1.82, 2.24) is 0 Å². The summed E-state index contributed by atoms with van der Waals surface area (Å²) in [6, 6.07) is 9.01. The fourth-order valence-corrected chi connectivity index (χ4v) is 1.18. The lowest BCUT2D eigenvalue weighted by molar-refractivity contribution is -0.135. The Kier molecular flexibility index (Phi) is 3.80. The van der Waals surface area contributed by atoms with Gasteiger partial charge >= 0.3 is 5.97 Å². The zero-order valence-electron chi connectivity index (χ0n) is 8.69. The van der Waals surface area contributed by atoms with Gasteiger partial charge in [-0.2, -0.15) is 0 Å². The zero-order valence-corrected chi connectivity index (χ0v) is 8.69. The van der Waals surface area contributed by atoms with Crippen LogP contribution in [-0.2, 0) is 14.3 Å². The van der Waals surface area contributed by atoms with Crippen LogP contribution in [0, 0.1) is 0 Å². The molecule has 0 aliphatic carbocycles. The Hall–Kier alpha value is -1.90. The number of rotatable bonds is 3. The van der Waals surface area contributed by atoms with Crippen LogP contribution < -0.4 is 0 Å². The van der Waals surface area contributed by atoms with E-state index in [2.05, 4.69) is 4.74 Å². The number of hydrogen-bond acceptors (Lipinski definition) is 3. The second kappa shape index (κ2) is 5.10. The largest absolute Gasteiger partial charge is 0.466 e. The molecule has 78 valence electrons. The molecule has 0 atom stereocenters. The first-order valence-electron chi connectivity index (χ1n) is 4.51.